The Hall–Kier alpha value is -2.33. The van der Waals surface area contributed by atoms with E-state index in [4.69, 9.17) is 16.3 Å². The Morgan fingerprint density at radius 2 is 1.75 bits per heavy atom. The lowest BCUT2D eigenvalue weighted by atomic mass is 9.88. The number of carbonyl (C=O) groups excluding carboxylic acids is 2. The minimum Gasteiger partial charge on any atom is -0.508 e. The predicted molar refractivity (Wildman–Crippen MR) is 72.3 cm³/mol. The van der Waals surface area contributed by atoms with Crippen molar-refractivity contribution >= 4 is 23.4 Å². The third-order valence-electron chi connectivity index (χ3n) is 3.14. The van der Waals surface area contributed by atoms with Crippen LogP contribution in [0.5, 0.6) is 11.5 Å². The molecule has 0 saturated carbocycles. The molecule has 1 atom stereocenters. The van der Waals surface area contributed by atoms with Crippen LogP contribution >= 0.6 is 11.6 Å². The van der Waals surface area contributed by atoms with Crippen LogP contribution in [0.1, 0.15) is 21.8 Å². The summed E-state index contributed by atoms with van der Waals surface area (Å²) in [5.74, 6) is -1.97. The fraction of sp³-hybridized carbons (Fsp3) is 0.0667. The smallest absolute Gasteiger partial charge is 0.326 e. The summed E-state index contributed by atoms with van der Waals surface area (Å²) in [5.41, 5.74) is 0.811. The number of phenolic OH excluding ortho intramolecular Hbond substituents is 1. The Bertz CT molecular complexity index is 706. The number of fused-ring (bicyclic) bond motifs is 1. The number of ether oxygens (including phenoxy) is 1. The van der Waals surface area contributed by atoms with Gasteiger partial charge in [-0.25, -0.2) is 0 Å². The molecule has 100 valence electrons. The number of benzene rings is 2. The monoisotopic (exact) mass is 288 g/mol. The second-order valence-corrected chi connectivity index (χ2v) is 4.89. The number of carbonyl (C=O) groups is 2. The molecule has 0 unspecified atom stereocenters. The van der Waals surface area contributed by atoms with Gasteiger partial charge in [-0.2, -0.15) is 0 Å². The number of esters is 1. The van der Waals surface area contributed by atoms with E-state index in [2.05, 4.69) is 0 Å². The third-order valence-corrected chi connectivity index (χ3v) is 3.39. The van der Waals surface area contributed by atoms with Gasteiger partial charge in [-0.1, -0.05) is 23.7 Å². The summed E-state index contributed by atoms with van der Waals surface area (Å²) in [6.45, 7) is 0. The maximum Gasteiger partial charge on any atom is 0.326 e. The van der Waals surface area contributed by atoms with Crippen LogP contribution in [0.3, 0.4) is 0 Å². The molecule has 0 saturated heterocycles. The summed E-state index contributed by atoms with van der Waals surface area (Å²) in [5, 5.41) is 9.88. The SMILES string of the molecule is O=C1Oc2cc(O)ccc2C(=O)[C@@H]1c1ccc(Cl)cc1. The molecule has 1 heterocycles. The molecule has 0 spiro atoms. The number of rotatable bonds is 1. The number of ketones is 1. The van der Waals surface area contributed by atoms with Crippen LogP contribution < -0.4 is 4.74 Å². The van der Waals surface area contributed by atoms with Crippen molar-refractivity contribution in [2.75, 3.05) is 0 Å². The Labute approximate surface area is 119 Å². The van der Waals surface area contributed by atoms with Crippen molar-refractivity contribution in [3.63, 3.8) is 0 Å². The first kappa shape index (κ1) is 12.7. The maximum atomic E-state index is 12.4. The van der Waals surface area contributed by atoms with E-state index >= 15 is 0 Å². The zero-order valence-corrected chi connectivity index (χ0v) is 10.9. The quantitative estimate of drug-likeness (QED) is 0.498. The van der Waals surface area contributed by atoms with E-state index in [0.717, 1.165) is 0 Å². The summed E-state index contributed by atoms with van der Waals surface area (Å²) in [4.78, 5) is 24.4. The molecule has 0 aliphatic carbocycles. The van der Waals surface area contributed by atoms with Crippen LogP contribution in [0.15, 0.2) is 42.5 Å². The van der Waals surface area contributed by atoms with E-state index in [1.807, 2.05) is 0 Å². The molecule has 2 aromatic rings. The standard InChI is InChI=1S/C15H9ClO4/c16-9-3-1-8(2-4-9)13-14(18)11-6-5-10(17)7-12(11)20-15(13)19/h1-7,13,17H/t13-/m0/s1. The predicted octanol–water partition coefficient (Wildman–Crippen LogP) is 2.93. The number of halogens is 1. The zero-order chi connectivity index (χ0) is 14.3. The number of Topliss-reactive ketones (excluding diaryl/α,β-unsaturated/α-hetero) is 1. The van der Waals surface area contributed by atoms with Crippen molar-refractivity contribution in [1.82, 2.24) is 0 Å². The fourth-order valence-corrected chi connectivity index (χ4v) is 2.30. The Kier molecular flexibility index (Phi) is 2.95. The van der Waals surface area contributed by atoms with Crippen molar-refractivity contribution in [2.45, 2.75) is 5.92 Å². The van der Waals surface area contributed by atoms with Crippen LogP contribution in [0.2, 0.25) is 5.02 Å². The van der Waals surface area contributed by atoms with E-state index < -0.39 is 11.9 Å². The van der Waals surface area contributed by atoms with Gasteiger partial charge in [0.05, 0.1) is 5.56 Å². The molecule has 3 rings (SSSR count). The van der Waals surface area contributed by atoms with Crippen molar-refractivity contribution in [3.8, 4) is 11.5 Å². The summed E-state index contributed by atoms with van der Waals surface area (Å²) in [6.07, 6.45) is 0. The van der Waals surface area contributed by atoms with Crippen LogP contribution in [-0.4, -0.2) is 16.9 Å². The first-order valence-corrected chi connectivity index (χ1v) is 6.28. The molecule has 0 bridgehead atoms. The zero-order valence-electron chi connectivity index (χ0n) is 10.2. The normalized spacial score (nSPS) is 17.6. The minimum absolute atomic E-state index is 0.0608. The summed E-state index contributed by atoms with van der Waals surface area (Å²) >= 11 is 5.79. The molecule has 1 N–H and O–H groups in total. The van der Waals surface area contributed by atoms with Crippen LogP contribution in [0.4, 0.5) is 0 Å². The van der Waals surface area contributed by atoms with Crippen molar-refractivity contribution in [1.29, 1.82) is 0 Å². The Morgan fingerprint density at radius 1 is 1.05 bits per heavy atom. The van der Waals surface area contributed by atoms with Crippen molar-refractivity contribution < 1.29 is 19.4 Å². The van der Waals surface area contributed by atoms with Gasteiger partial charge in [-0.3, -0.25) is 9.59 Å². The lowest BCUT2D eigenvalue weighted by molar-refractivity contribution is -0.135. The molecular weight excluding hydrogens is 280 g/mol. The highest BCUT2D eigenvalue weighted by Crippen LogP contribution is 2.35. The van der Waals surface area contributed by atoms with Gasteiger partial charge in [0.2, 0.25) is 0 Å². The van der Waals surface area contributed by atoms with E-state index in [1.165, 1.54) is 18.2 Å². The van der Waals surface area contributed by atoms with E-state index in [-0.39, 0.29) is 22.8 Å². The average Bonchev–Trinajstić information content (AvgIpc) is 2.40. The Morgan fingerprint density at radius 3 is 2.45 bits per heavy atom. The van der Waals surface area contributed by atoms with Gasteiger partial charge in [0.25, 0.3) is 0 Å². The molecule has 1 aliphatic rings. The second-order valence-electron chi connectivity index (χ2n) is 4.45. The number of phenols is 1. The summed E-state index contributed by atoms with van der Waals surface area (Å²) in [7, 11) is 0. The molecule has 0 amide bonds. The van der Waals surface area contributed by atoms with Gasteiger partial charge in [-0.15, -0.1) is 0 Å². The number of hydrogen-bond donors (Lipinski definition) is 1. The van der Waals surface area contributed by atoms with Crippen LogP contribution in [0, 0.1) is 0 Å². The minimum atomic E-state index is -0.996. The molecule has 5 heteroatoms. The maximum absolute atomic E-state index is 12.4. The Balaban J connectivity index is 2.06. The number of hydrogen-bond acceptors (Lipinski definition) is 4. The van der Waals surface area contributed by atoms with Gasteiger partial charge >= 0.3 is 5.97 Å². The number of aromatic hydroxyl groups is 1. The second kappa shape index (κ2) is 4.65. The molecule has 20 heavy (non-hydrogen) atoms. The van der Waals surface area contributed by atoms with E-state index in [9.17, 15) is 14.7 Å². The van der Waals surface area contributed by atoms with E-state index in [1.54, 1.807) is 24.3 Å². The molecule has 1 aliphatic heterocycles. The summed E-state index contributed by atoms with van der Waals surface area (Å²) in [6, 6.07) is 10.6. The highest BCUT2D eigenvalue weighted by molar-refractivity contribution is 6.30. The van der Waals surface area contributed by atoms with Gasteiger partial charge in [0, 0.05) is 11.1 Å². The highest BCUT2D eigenvalue weighted by atomic mass is 35.5. The molecule has 4 nitrogen and oxygen atoms in total. The summed E-state index contributed by atoms with van der Waals surface area (Å²) < 4.78 is 5.13. The lowest BCUT2D eigenvalue weighted by Gasteiger charge is -2.22. The fourth-order valence-electron chi connectivity index (χ4n) is 2.17. The molecular formula is C15H9ClO4. The van der Waals surface area contributed by atoms with Crippen molar-refractivity contribution in [2.24, 2.45) is 0 Å². The van der Waals surface area contributed by atoms with Gasteiger partial charge < -0.3 is 9.84 Å². The van der Waals surface area contributed by atoms with Crippen LogP contribution in [0.25, 0.3) is 0 Å². The van der Waals surface area contributed by atoms with E-state index in [0.29, 0.717) is 10.6 Å². The molecule has 0 radical (unpaired) electrons. The topological polar surface area (TPSA) is 63.6 Å². The highest BCUT2D eigenvalue weighted by Gasteiger charge is 2.37. The molecule has 0 fully saturated rings. The lowest BCUT2D eigenvalue weighted by Crippen LogP contribution is -2.31. The molecule has 2 aromatic carbocycles. The van der Waals surface area contributed by atoms with Crippen LogP contribution in [-0.2, 0) is 4.79 Å². The first-order chi connectivity index (χ1) is 9.56. The van der Waals surface area contributed by atoms with Gasteiger partial charge in [0.1, 0.15) is 17.4 Å². The first-order valence-electron chi connectivity index (χ1n) is 5.90. The largest absolute Gasteiger partial charge is 0.508 e. The van der Waals surface area contributed by atoms with Gasteiger partial charge in [-0.05, 0) is 29.8 Å². The van der Waals surface area contributed by atoms with Crippen molar-refractivity contribution in [3.05, 3.63) is 58.6 Å². The third kappa shape index (κ3) is 2.04. The van der Waals surface area contributed by atoms with Gasteiger partial charge in [0.15, 0.2) is 5.78 Å². The molecule has 0 aromatic heterocycles. The average molecular weight is 289 g/mol.